The minimum absolute atomic E-state index is 0.124. The van der Waals surface area contributed by atoms with Crippen LogP contribution in [0.5, 0.6) is 5.75 Å². The first-order chi connectivity index (χ1) is 15.2. The fourth-order valence-electron chi connectivity index (χ4n) is 2.82. The van der Waals surface area contributed by atoms with Crippen molar-refractivity contribution in [1.82, 2.24) is 10.3 Å². The van der Waals surface area contributed by atoms with Gasteiger partial charge in [-0.05, 0) is 74.0 Å². The third kappa shape index (κ3) is 5.94. The van der Waals surface area contributed by atoms with Gasteiger partial charge in [0.05, 0.1) is 0 Å². The van der Waals surface area contributed by atoms with Gasteiger partial charge >= 0.3 is 11.9 Å². The van der Waals surface area contributed by atoms with Crippen molar-refractivity contribution in [2.24, 2.45) is 0 Å². The fourth-order valence-corrected chi connectivity index (χ4v) is 2.82. The lowest BCUT2D eigenvalue weighted by molar-refractivity contribution is -0.389. The van der Waals surface area contributed by atoms with E-state index in [1.54, 1.807) is 30.3 Å². The molecule has 0 radical (unpaired) electrons. The molecule has 1 N–H and O–H groups in total. The second-order valence-electron chi connectivity index (χ2n) is 7.95. The van der Waals surface area contributed by atoms with E-state index in [2.05, 4.69) is 10.3 Å². The maximum Gasteiger partial charge on any atom is 0.408 e. The molecule has 10 nitrogen and oxygen atoms in total. The van der Waals surface area contributed by atoms with Gasteiger partial charge in [0.2, 0.25) is 0 Å². The van der Waals surface area contributed by atoms with Crippen molar-refractivity contribution in [2.75, 3.05) is 13.4 Å². The second-order valence-corrected chi connectivity index (χ2v) is 7.95. The van der Waals surface area contributed by atoms with E-state index in [9.17, 15) is 14.9 Å². The quantitative estimate of drug-likeness (QED) is 0.228. The molecule has 0 saturated heterocycles. The van der Waals surface area contributed by atoms with Crippen LogP contribution in [0.4, 0.5) is 10.6 Å². The number of nitrogens with one attached hydrogen (secondary N) is 1. The number of benzene rings is 1. The van der Waals surface area contributed by atoms with E-state index >= 15 is 0 Å². The average molecular weight is 443 g/mol. The van der Waals surface area contributed by atoms with Crippen molar-refractivity contribution in [3.05, 3.63) is 52.2 Å². The third-order valence-electron chi connectivity index (χ3n) is 4.20. The van der Waals surface area contributed by atoms with E-state index < -0.39 is 22.4 Å². The summed E-state index contributed by atoms with van der Waals surface area (Å²) >= 11 is 0. The lowest BCUT2D eigenvalue weighted by Crippen LogP contribution is -2.40. The van der Waals surface area contributed by atoms with Gasteiger partial charge in [0.15, 0.2) is 19.1 Å². The molecular weight excluding hydrogens is 418 g/mol. The Bertz CT molecular complexity index is 1120. The number of nitrogens with zero attached hydrogens (tertiary/aromatic N) is 2. The van der Waals surface area contributed by atoms with Crippen molar-refractivity contribution in [2.45, 2.75) is 39.8 Å². The zero-order valence-corrected chi connectivity index (χ0v) is 18.3. The molecule has 0 spiro atoms. The van der Waals surface area contributed by atoms with Crippen LogP contribution in [-0.2, 0) is 16.1 Å². The zero-order chi connectivity index (χ0) is 23.3. The maximum atomic E-state index is 11.8. The summed E-state index contributed by atoms with van der Waals surface area (Å²) in [7, 11) is 0. The Balaban J connectivity index is 1.81. The van der Waals surface area contributed by atoms with Gasteiger partial charge in [0.25, 0.3) is 0 Å². The molecule has 0 aliphatic carbocycles. The first-order valence-electron chi connectivity index (χ1n) is 10.00. The molecule has 0 bridgehead atoms. The van der Waals surface area contributed by atoms with Crippen LogP contribution in [0.1, 0.15) is 33.4 Å². The predicted molar refractivity (Wildman–Crippen MR) is 116 cm³/mol. The van der Waals surface area contributed by atoms with Crippen LogP contribution in [0.3, 0.4) is 0 Å². The second kappa shape index (κ2) is 9.65. The van der Waals surface area contributed by atoms with E-state index in [0.717, 1.165) is 5.39 Å². The average Bonchev–Trinajstić information content (AvgIpc) is 3.14. The van der Waals surface area contributed by atoms with E-state index in [1.807, 2.05) is 27.7 Å². The van der Waals surface area contributed by atoms with Gasteiger partial charge in [0.1, 0.15) is 22.7 Å². The van der Waals surface area contributed by atoms with Gasteiger partial charge in [-0.25, -0.2) is 4.79 Å². The van der Waals surface area contributed by atoms with Crippen molar-refractivity contribution < 1.29 is 28.3 Å². The van der Waals surface area contributed by atoms with Gasteiger partial charge in [-0.1, -0.05) is 0 Å². The highest BCUT2D eigenvalue weighted by Crippen LogP contribution is 2.34. The molecule has 0 saturated carbocycles. The molecule has 32 heavy (non-hydrogen) atoms. The highest BCUT2D eigenvalue weighted by atomic mass is 16.7. The molecule has 0 atom stereocenters. The predicted octanol–water partition coefficient (Wildman–Crippen LogP) is 4.80. The first-order valence-corrected chi connectivity index (χ1v) is 10.00. The van der Waals surface area contributed by atoms with Gasteiger partial charge in [0, 0.05) is 17.5 Å². The molecule has 1 amide bonds. The topological polar surface area (TPSA) is 126 Å². The van der Waals surface area contributed by atoms with Crippen molar-refractivity contribution in [1.29, 1.82) is 0 Å². The maximum absolute atomic E-state index is 11.8. The Labute approximate surface area is 184 Å². The molecule has 0 aliphatic heterocycles. The van der Waals surface area contributed by atoms with Gasteiger partial charge in [-0.2, -0.15) is 0 Å². The standard InChI is InChI=1S/C22H25N3O7/c1-5-29-13-31-16-7-9-18-14(10-16)11-19(32-18)17-8-6-15(23-20(17)25(27)28)12-30-21(26)24-22(2,3)4/h6-11H,5,12-13H2,1-4H3,(H,24,26). The summed E-state index contributed by atoms with van der Waals surface area (Å²) in [6, 6.07) is 9.96. The summed E-state index contributed by atoms with van der Waals surface area (Å²) in [5.41, 5.74) is 0.540. The summed E-state index contributed by atoms with van der Waals surface area (Å²) in [5, 5.41) is 15.0. The van der Waals surface area contributed by atoms with Crippen LogP contribution >= 0.6 is 0 Å². The Kier molecular flexibility index (Phi) is 6.94. The SMILES string of the molecule is CCOCOc1ccc2oc(-c3ccc(COC(=O)NC(C)(C)C)nc3[N+](=O)[O-])cc2c1. The summed E-state index contributed by atoms with van der Waals surface area (Å²) in [4.78, 5) is 26.9. The number of alkyl carbamates (subject to hydrolysis) is 1. The number of hydrogen-bond acceptors (Lipinski definition) is 8. The number of fused-ring (bicyclic) bond motifs is 1. The Hall–Kier alpha value is -3.66. The van der Waals surface area contributed by atoms with Crippen LogP contribution in [0.15, 0.2) is 40.8 Å². The molecule has 1 aromatic carbocycles. The normalized spacial score (nSPS) is 11.4. The summed E-state index contributed by atoms with van der Waals surface area (Å²) in [6.45, 7) is 7.77. The fraction of sp³-hybridized carbons (Fsp3) is 0.364. The number of furan rings is 1. The van der Waals surface area contributed by atoms with Crippen LogP contribution in [0.2, 0.25) is 0 Å². The van der Waals surface area contributed by atoms with Gasteiger partial charge in [-0.3, -0.25) is 0 Å². The number of aromatic nitrogens is 1. The molecule has 2 heterocycles. The molecule has 0 unspecified atom stereocenters. The molecule has 170 valence electrons. The van der Waals surface area contributed by atoms with Crippen molar-refractivity contribution in [3.63, 3.8) is 0 Å². The molecular formula is C22H25N3O7. The molecule has 3 aromatic rings. The number of carbonyl (C=O) groups is 1. The van der Waals surface area contributed by atoms with Crippen molar-refractivity contribution >= 4 is 22.9 Å². The largest absolute Gasteiger partial charge is 0.468 e. The molecule has 10 heteroatoms. The van der Waals surface area contributed by atoms with Gasteiger partial charge < -0.3 is 34.1 Å². The van der Waals surface area contributed by atoms with E-state index in [-0.39, 0.29) is 24.7 Å². The third-order valence-corrected chi connectivity index (χ3v) is 4.20. The highest BCUT2D eigenvalue weighted by Gasteiger charge is 2.23. The van der Waals surface area contributed by atoms with Crippen molar-refractivity contribution in [3.8, 4) is 17.1 Å². The van der Waals surface area contributed by atoms with E-state index in [1.165, 1.54) is 6.07 Å². The lowest BCUT2D eigenvalue weighted by atomic mass is 10.1. The molecule has 3 rings (SSSR count). The zero-order valence-electron chi connectivity index (χ0n) is 18.3. The number of nitro groups is 1. The number of rotatable bonds is 8. The van der Waals surface area contributed by atoms with E-state index in [0.29, 0.717) is 23.7 Å². The molecule has 0 fully saturated rings. The van der Waals surface area contributed by atoms with E-state index in [4.69, 9.17) is 18.6 Å². The smallest absolute Gasteiger partial charge is 0.408 e. The Morgan fingerprint density at radius 1 is 1.22 bits per heavy atom. The molecule has 0 aliphatic rings. The Morgan fingerprint density at radius 2 is 2.00 bits per heavy atom. The minimum atomic E-state index is -0.634. The summed E-state index contributed by atoms with van der Waals surface area (Å²) < 4.78 is 21.6. The number of hydrogen-bond donors (Lipinski definition) is 1. The number of carbonyl (C=O) groups excluding carboxylic acids is 1. The summed E-state index contributed by atoms with van der Waals surface area (Å²) in [6.07, 6.45) is -0.634. The summed E-state index contributed by atoms with van der Waals surface area (Å²) in [5.74, 6) is 0.486. The number of pyridine rings is 1. The van der Waals surface area contributed by atoms with Crippen LogP contribution < -0.4 is 10.1 Å². The number of amides is 1. The lowest BCUT2D eigenvalue weighted by Gasteiger charge is -2.19. The van der Waals surface area contributed by atoms with Gasteiger partial charge in [-0.15, -0.1) is 0 Å². The number of ether oxygens (including phenoxy) is 3. The highest BCUT2D eigenvalue weighted by molar-refractivity contribution is 5.85. The minimum Gasteiger partial charge on any atom is -0.468 e. The van der Waals surface area contributed by atoms with Crippen LogP contribution in [-0.4, -0.2) is 34.9 Å². The van der Waals surface area contributed by atoms with Crippen LogP contribution in [0.25, 0.3) is 22.3 Å². The Morgan fingerprint density at radius 3 is 2.69 bits per heavy atom. The van der Waals surface area contributed by atoms with Crippen LogP contribution in [0, 0.1) is 10.1 Å². The monoisotopic (exact) mass is 443 g/mol. The first kappa shape index (κ1) is 23.0. The molecule has 2 aromatic heterocycles.